The van der Waals surface area contributed by atoms with E-state index in [0.29, 0.717) is 23.6 Å². The summed E-state index contributed by atoms with van der Waals surface area (Å²) in [6.07, 6.45) is 7.38. The van der Waals surface area contributed by atoms with E-state index in [1.54, 1.807) is 42.5 Å². The second kappa shape index (κ2) is 10.3. The van der Waals surface area contributed by atoms with Gasteiger partial charge in [0.25, 0.3) is 5.91 Å². The van der Waals surface area contributed by atoms with E-state index >= 15 is 0 Å². The Kier molecular flexibility index (Phi) is 6.79. The van der Waals surface area contributed by atoms with Crippen LogP contribution in [0.5, 0.6) is 0 Å². The molecule has 1 unspecified atom stereocenters. The van der Waals surface area contributed by atoms with E-state index < -0.39 is 47.5 Å². The van der Waals surface area contributed by atoms with Gasteiger partial charge in [-0.3, -0.25) is 14.4 Å². The molecule has 4 aliphatic heterocycles. The van der Waals surface area contributed by atoms with Gasteiger partial charge >= 0.3 is 5.97 Å². The molecule has 2 amide bonds. The number of ether oxygens (including phenoxy) is 2. The number of likely N-dealkylation sites (tertiary alicyclic amines) is 1. The first kappa shape index (κ1) is 25.8. The Morgan fingerprint density at radius 1 is 1.03 bits per heavy atom. The molecule has 1 spiro atoms. The maximum atomic E-state index is 14.5. The van der Waals surface area contributed by atoms with Gasteiger partial charge in [0, 0.05) is 6.54 Å². The first-order valence-corrected chi connectivity index (χ1v) is 13.6. The van der Waals surface area contributed by atoms with Crippen molar-refractivity contribution in [2.24, 2.45) is 11.8 Å². The van der Waals surface area contributed by atoms with Gasteiger partial charge < -0.3 is 24.4 Å². The molecule has 6 atom stereocenters. The minimum absolute atomic E-state index is 0.205. The normalized spacial score (nSPS) is 30.7. The van der Waals surface area contributed by atoms with E-state index in [2.05, 4.69) is 0 Å². The molecule has 8 nitrogen and oxygen atoms in total. The van der Waals surface area contributed by atoms with Gasteiger partial charge in [-0.25, -0.2) is 0 Å². The molecule has 2 aromatic rings. The van der Waals surface area contributed by atoms with Crippen molar-refractivity contribution in [2.45, 2.75) is 36.6 Å². The fourth-order valence-electron chi connectivity index (χ4n) is 6.46. The summed E-state index contributed by atoms with van der Waals surface area (Å²) in [5.41, 5.74) is -0.00658. The number of carbonyl (C=O) groups is 3. The van der Waals surface area contributed by atoms with Crippen LogP contribution in [0.1, 0.15) is 12.0 Å². The Hall–Kier alpha value is -3.46. The standard InChI is InChI=1S/C30H29ClN2O6/c31-21-11-4-5-12-22(21)32-15-8-14-30-25(24-23(39-30)13-6-7-16-38-29(24)37)27(35)33(26(30)28(32)36)20(18-34)17-19-9-2-1-3-10-19/h1-6,8-14,20,23-26,34H,7,15-18H2/t20-,23+,24-,25+,26?,30+/m1/s1. The maximum absolute atomic E-state index is 14.5. The number of nitrogens with zero attached hydrogens (tertiary/aromatic N) is 2. The number of hydrogen-bond acceptors (Lipinski definition) is 6. The first-order chi connectivity index (χ1) is 19.0. The van der Waals surface area contributed by atoms with Crippen molar-refractivity contribution in [3.8, 4) is 0 Å². The third kappa shape index (κ3) is 4.18. The fraction of sp³-hybridized carbons (Fsp3) is 0.367. The van der Waals surface area contributed by atoms with Crippen LogP contribution in [-0.4, -0.2) is 71.3 Å². The van der Waals surface area contributed by atoms with E-state index in [-0.39, 0.29) is 25.7 Å². The maximum Gasteiger partial charge on any atom is 0.312 e. The minimum Gasteiger partial charge on any atom is -0.465 e. The number of aliphatic hydroxyl groups is 1. The molecule has 2 saturated heterocycles. The Morgan fingerprint density at radius 3 is 2.56 bits per heavy atom. The molecule has 39 heavy (non-hydrogen) atoms. The smallest absolute Gasteiger partial charge is 0.312 e. The van der Waals surface area contributed by atoms with Crippen molar-refractivity contribution in [1.82, 2.24) is 4.90 Å². The summed E-state index contributed by atoms with van der Waals surface area (Å²) in [6, 6.07) is 14.7. The summed E-state index contributed by atoms with van der Waals surface area (Å²) < 4.78 is 12.1. The van der Waals surface area contributed by atoms with Gasteiger partial charge in [0.2, 0.25) is 5.91 Å². The second-order valence-corrected chi connectivity index (χ2v) is 10.7. The zero-order valence-corrected chi connectivity index (χ0v) is 21.9. The molecule has 4 aliphatic rings. The van der Waals surface area contributed by atoms with Crippen LogP contribution in [0.25, 0.3) is 0 Å². The van der Waals surface area contributed by atoms with Gasteiger partial charge in [0.15, 0.2) is 0 Å². The number of para-hydroxylation sites is 1. The first-order valence-electron chi connectivity index (χ1n) is 13.2. The van der Waals surface area contributed by atoms with Crippen molar-refractivity contribution in [1.29, 1.82) is 0 Å². The van der Waals surface area contributed by atoms with E-state index in [4.69, 9.17) is 21.1 Å². The van der Waals surface area contributed by atoms with Gasteiger partial charge in [-0.2, -0.15) is 0 Å². The monoisotopic (exact) mass is 548 g/mol. The number of halogens is 1. The lowest BCUT2D eigenvalue weighted by Gasteiger charge is -2.38. The molecule has 0 bridgehead atoms. The summed E-state index contributed by atoms with van der Waals surface area (Å²) in [6.45, 7) is 0.0421. The molecule has 0 aliphatic carbocycles. The second-order valence-electron chi connectivity index (χ2n) is 10.3. The predicted octanol–water partition coefficient (Wildman–Crippen LogP) is 2.93. The van der Waals surface area contributed by atoms with E-state index in [1.165, 1.54) is 9.80 Å². The molecule has 0 aromatic heterocycles. The number of benzene rings is 2. The number of esters is 1. The van der Waals surface area contributed by atoms with Crippen LogP contribution in [0, 0.1) is 11.8 Å². The quantitative estimate of drug-likeness (QED) is 0.456. The average Bonchev–Trinajstić information content (AvgIpc) is 3.32. The lowest BCUT2D eigenvalue weighted by Crippen LogP contribution is -2.58. The number of rotatable bonds is 5. The number of anilines is 1. The average molecular weight is 549 g/mol. The van der Waals surface area contributed by atoms with E-state index in [1.807, 2.05) is 36.4 Å². The molecule has 4 heterocycles. The minimum atomic E-state index is -1.42. The van der Waals surface area contributed by atoms with Crippen molar-refractivity contribution < 1.29 is 29.0 Å². The zero-order valence-electron chi connectivity index (χ0n) is 21.2. The molecule has 202 valence electrons. The van der Waals surface area contributed by atoms with Crippen LogP contribution in [0.3, 0.4) is 0 Å². The van der Waals surface area contributed by atoms with Crippen LogP contribution in [0.15, 0.2) is 78.9 Å². The summed E-state index contributed by atoms with van der Waals surface area (Å²) in [4.78, 5) is 45.1. The highest BCUT2D eigenvalue weighted by Gasteiger charge is 2.72. The Bertz CT molecular complexity index is 1350. The SMILES string of the molecule is O=C1OCCC=C[C@@H]2O[C@]34C=CCN(c5ccccc5Cl)C(=O)C3N([C@@H](CO)Cc3ccccc3)C(=O)[C@@H]4[C@H]12. The molecule has 9 heteroatoms. The summed E-state index contributed by atoms with van der Waals surface area (Å²) in [7, 11) is 0. The molecule has 2 aromatic carbocycles. The third-order valence-corrected chi connectivity index (χ3v) is 8.44. The molecular weight excluding hydrogens is 520 g/mol. The number of amides is 2. The zero-order chi connectivity index (χ0) is 27.1. The van der Waals surface area contributed by atoms with Crippen LogP contribution >= 0.6 is 11.6 Å². The fourth-order valence-corrected chi connectivity index (χ4v) is 6.70. The Morgan fingerprint density at radius 2 is 1.79 bits per heavy atom. The van der Waals surface area contributed by atoms with Gasteiger partial charge in [-0.15, -0.1) is 0 Å². The number of cyclic esters (lactones) is 1. The Labute approximate surface area is 231 Å². The van der Waals surface area contributed by atoms with Crippen LogP contribution in [0.2, 0.25) is 5.02 Å². The van der Waals surface area contributed by atoms with E-state index in [9.17, 15) is 19.5 Å². The largest absolute Gasteiger partial charge is 0.465 e. The molecule has 1 N–H and O–H groups in total. The van der Waals surface area contributed by atoms with Crippen LogP contribution in [-0.2, 0) is 30.3 Å². The van der Waals surface area contributed by atoms with Gasteiger partial charge in [0.05, 0.1) is 42.0 Å². The van der Waals surface area contributed by atoms with Crippen molar-refractivity contribution in [3.05, 3.63) is 89.5 Å². The molecule has 0 saturated carbocycles. The van der Waals surface area contributed by atoms with Gasteiger partial charge in [-0.1, -0.05) is 78.4 Å². The van der Waals surface area contributed by atoms with Crippen molar-refractivity contribution >= 4 is 35.1 Å². The van der Waals surface area contributed by atoms with Crippen LogP contribution in [0.4, 0.5) is 5.69 Å². The lowest BCUT2D eigenvalue weighted by molar-refractivity contribution is -0.155. The highest BCUT2D eigenvalue weighted by atomic mass is 35.5. The summed E-state index contributed by atoms with van der Waals surface area (Å²) >= 11 is 6.51. The van der Waals surface area contributed by atoms with Crippen molar-refractivity contribution in [3.63, 3.8) is 0 Å². The topological polar surface area (TPSA) is 96.4 Å². The van der Waals surface area contributed by atoms with E-state index in [0.717, 1.165) is 5.56 Å². The molecule has 6 rings (SSSR count). The summed E-state index contributed by atoms with van der Waals surface area (Å²) in [5.74, 6) is -3.22. The van der Waals surface area contributed by atoms with Gasteiger partial charge in [0.1, 0.15) is 17.6 Å². The van der Waals surface area contributed by atoms with Gasteiger partial charge in [-0.05, 0) is 30.5 Å². The van der Waals surface area contributed by atoms with Crippen LogP contribution < -0.4 is 4.90 Å². The number of carbonyl (C=O) groups excluding carboxylic acids is 3. The molecule has 2 fully saturated rings. The molecular formula is C30H29ClN2O6. The Balaban J connectivity index is 1.49. The number of hydrogen-bond donors (Lipinski definition) is 1. The molecule has 0 radical (unpaired) electrons. The highest BCUT2D eigenvalue weighted by Crippen LogP contribution is 2.54. The third-order valence-electron chi connectivity index (χ3n) is 8.12. The highest BCUT2D eigenvalue weighted by molar-refractivity contribution is 6.34. The predicted molar refractivity (Wildman–Crippen MR) is 144 cm³/mol. The summed E-state index contributed by atoms with van der Waals surface area (Å²) in [5, 5.41) is 11.0. The van der Waals surface area contributed by atoms with Crippen molar-refractivity contribution in [2.75, 3.05) is 24.7 Å². The number of aliphatic hydroxyl groups excluding tert-OH is 1. The number of fused-ring (bicyclic) bond motifs is 2. The lowest BCUT2D eigenvalue weighted by atomic mass is 9.77.